The van der Waals surface area contributed by atoms with Crippen molar-refractivity contribution in [2.45, 2.75) is 39.2 Å². The van der Waals surface area contributed by atoms with Crippen LogP contribution in [0.2, 0.25) is 0 Å². The first-order valence-corrected chi connectivity index (χ1v) is 9.57. The van der Waals surface area contributed by atoms with E-state index < -0.39 is 0 Å². The van der Waals surface area contributed by atoms with Crippen molar-refractivity contribution in [2.75, 3.05) is 37.7 Å². The number of benzene rings is 1. The fourth-order valence-corrected chi connectivity index (χ4v) is 3.69. The van der Waals surface area contributed by atoms with Crippen LogP contribution in [0.3, 0.4) is 0 Å². The number of hydrogen-bond donors (Lipinski definition) is 1. The number of hydrogen-bond acceptors (Lipinski definition) is 4. The molecule has 6 heteroatoms. The van der Waals surface area contributed by atoms with Crippen LogP contribution < -0.4 is 15.0 Å². The molecule has 142 valence electrons. The molecular formula is C20H29N3O3. The van der Waals surface area contributed by atoms with Gasteiger partial charge in [0.25, 0.3) is 5.91 Å². The average Bonchev–Trinajstić information content (AvgIpc) is 2.65. The van der Waals surface area contributed by atoms with Gasteiger partial charge in [0.2, 0.25) is 5.91 Å². The summed E-state index contributed by atoms with van der Waals surface area (Å²) in [5, 5.41) is 3.06. The van der Waals surface area contributed by atoms with E-state index in [1.54, 1.807) is 4.90 Å². The molecule has 26 heavy (non-hydrogen) atoms. The number of rotatable bonds is 6. The van der Waals surface area contributed by atoms with Gasteiger partial charge in [-0.1, -0.05) is 12.1 Å². The molecule has 0 spiro atoms. The molecule has 1 unspecified atom stereocenters. The topological polar surface area (TPSA) is 61.9 Å². The monoisotopic (exact) mass is 359 g/mol. The number of ether oxygens (including phenoxy) is 1. The predicted molar refractivity (Wildman–Crippen MR) is 101 cm³/mol. The minimum Gasteiger partial charge on any atom is -0.482 e. The van der Waals surface area contributed by atoms with Crippen molar-refractivity contribution in [1.82, 2.24) is 10.2 Å². The van der Waals surface area contributed by atoms with E-state index in [0.29, 0.717) is 30.7 Å². The smallest absolute Gasteiger partial charge is 0.265 e. The quantitative estimate of drug-likeness (QED) is 0.844. The molecule has 0 aliphatic carbocycles. The third-order valence-electron chi connectivity index (χ3n) is 5.24. The second kappa shape index (κ2) is 8.54. The van der Waals surface area contributed by atoms with Crippen molar-refractivity contribution in [3.63, 3.8) is 0 Å². The van der Waals surface area contributed by atoms with E-state index in [2.05, 4.69) is 24.1 Å². The van der Waals surface area contributed by atoms with E-state index in [0.717, 1.165) is 25.3 Å². The molecule has 1 saturated heterocycles. The van der Waals surface area contributed by atoms with Gasteiger partial charge in [-0.25, -0.2) is 0 Å². The van der Waals surface area contributed by atoms with E-state index in [1.807, 2.05) is 24.3 Å². The van der Waals surface area contributed by atoms with E-state index in [9.17, 15) is 9.59 Å². The lowest BCUT2D eigenvalue weighted by molar-refractivity contribution is -0.122. The summed E-state index contributed by atoms with van der Waals surface area (Å²) >= 11 is 0. The molecule has 0 radical (unpaired) electrons. The Morgan fingerprint density at radius 1 is 1.35 bits per heavy atom. The largest absolute Gasteiger partial charge is 0.482 e. The van der Waals surface area contributed by atoms with Crippen LogP contribution in [0.25, 0.3) is 0 Å². The fraction of sp³-hybridized carbons (Fsp3) is 0.600. The maximum atomic E-state index is 12.3. The molecule has 2 heterocycles. The van der Waals surface area contributed by atoms with Crippen LogP contribution in [-0.4, -0.2) is 55.5 Å². The number of nitrogens with one attached hydrogen (secondary N) is 1. The van der Waals surface area contributed by atoms with Gasteiger partial charge >= 0.3 is 0 Å². The van der Waals surface area contributed by atoms with Crippen molar-refractivity contribution < 1.29 is 14.3 Å². The predicted octanol–water partition coefficient (Wildman–Crippen LogP) is 2.04. The maximum Gasteiger partial charge on any atom is 0.265 e. The molecule has 2 amide bonds. The zero-order valence-corrected chi connectivity index (χ0v) is 15.7. The molecule has 0 bridgehead atoms. The lowest BCUT2D eigenvalue weighted by atomic mass is 9.97. The van der Waals surface area contributed by atoms with Crippen LogP contribution in [0.15, 0.2) is 24.3 Å². The molecule has 2 aliphatic heterocycles. The SMILES string of the molecule is CC(C)N1CCCC(CNC(=O)CCN2C(=O)COc3ccccc32)C1. The molecular weight excluding hydrogens is 330 g/mol. The third-order valence-corrected chi connectivity index (χ3v) is 5.24. The number of nitrogens with zero attached hydrogens (tertiary/aromatic N) is 2. The Morgan fingerprint density at radius 3 is 2.96 bits per heavy atom. The average molecular weight is 359 g/mol. The first-order valence-electron chi connectivity index (χ1n) is 9.57. The molecule has 1 aromatic carbocycles. The van der Waals surface area contributed by atoms with E-state index >= 15 is 0 Å². The molecule has 2 aliphatic rings. The van der Waals surface area contributed by atoms with Gasteiger partial charge in [-0.05, 0) is 51.3 Å². The summed E-state index contributed by atoms with van der Waals surface area (Å²) in [6.07, 6.45) is 2.66. The Hall–Kier alpha value is -2.08. The summed E-state index contributed by atoms with van der Waals surface area (Å²) < 4.78 is 5.43. The van der Waals surface area contributed by atoms with Crippen LogP contribution in [0.1, 0.15) is 33.1 Å². The van der Waals surface area contributed by atoms with E-state index in [-0.39, 0.29) is 18.4 Å². The highest BCUT2D eigenvalue weighted by atomic mass is 16.5. The number of piperidine rings is 1. The Morgan fingerprint density at radius 2 is 2.15 bits per heavy atom. The van der Waals surface area contributed by atoms with Gasteiger partial charge in [-0.15, -0.1) is 0 Å². The van der Waals surface area contributed by atoms with Crippen LogP contribution in [0.5, 0.6) is 5.75 Å². The van der Waals surface area contributed by atoms with Crippen molar-refractivity contribution in [3.05, 3.63) is 24.3 Å². The number of para-hydroxylation sites is 2. The van der Waals surface area contributed by atoms with Crippen molar-refractivity contribution in [3.8, 4) is 5.75 Å². The first-order chi connectivity index (χ1) is 12.5. The first kappa shape index (κ1) is 18.7. The Balaban J connectivity index is 1.46. The van der Waals surface area contributed by atoms with Crippen molar-refractivity contribution >= 4 is 17.5 Å². The highest BCUT2D eigenvalue weighted by Gasteiger charge is 2.26. The summed E-state index contributed by atoms with van der Waals surface area (Å²) in [6, 6.07) is 8.01. The van der Waals surface area contributed by atoms with Crippen LogP contribution in [0.4, 0.5) is 5.69 Å². The zero-order valence-electron chi connectivity index (χ0n) is 15.7. The summed E-state index contributed by atoms with van der Waals surface area (Å²) in [5.74, 6) is 1.11. The lowest BCUT2D eigenvalue weighted by Crippen LogP contribution is -2.44. The standard InChI is InChI=1S/C20H29N3O3/c1-15(2)22-10-5-6-16(13-22)12-21-19(24)9-11-23-17-7-3-4-8-18(17)26-14-20(23)25/h3-4,7-8,15-16H,5-6,9-14H2,1-2H3,(H,21,24). The molecule has 6 nitrogen and oxygen atoms in total. The summed E-state index contributed by atoms with van der Waals surface area (Å²) in [4.78, 5) is 28.5. The zero-order chi connectivity index (χ0) is 18.5. The third kappa shape index (κ3) is 4.55. The van der Waals surface area contributed by atoms with Gasteiger partial charge in [0, 0.05) is 32.1 Å². The summed E-state index contributed by atoms with van der Waals surface area (Å²) in [6.45, 7) is 7.78. The van der Waals surface area contributed by atoms with Crippen molar-refractivity contribution in [1.29, 1.82) is 0 Å². The molecule has 1 fully saturated rings. The van der Waals surface area contributed by atoms with E-state index in [4.69, 9.17) is 4.74 Å². The van der Waals surface area contributed by atoms with Crippen LogP contribution in [-0.2, 0) is 9.59 Å². The van der Waals surface area contributed by atoms with Gasteiger partial charge in [-0.2, -0.15) is 0 Å². The minimum absolute atomic E-state index is 0.00319. The molecule has 1 N–H and O–H groups in total. The minimum atomic E-state index is -0.101. The van der Waals surface area contributed by atoms with Gasteiger partial charge < -0.3 is 19.9 Å². The van der Waals surface area contributed by atoms with Gasteiger partial charge in [-0.3, -0.25) is 9.59 Å². The summed E-state index contributed by atoms with van der Waals surface area (Å²) in [5.41, 5.74) is 0.747. The van der Waals surface area contributed by atoms with Gasteiger partial charge in [0.15, 0.2) is 6.61 Å². The Kier molecular flexibility index (Phi) is 6.14. The second-order valence-corrected chi connectivity index (χ2v) is 7.45. The van der Waals surface area contributed by atoms with E-state index in [1.165, 1.54) is 12.8 Å². The highest BCUT2D eigenvalue weighted by Crippen LogP contribution is 2.31. The normalized spacial score (nSPS) is 20.7. The summed E-state index contributed by atoms with van der Waals surface area (Å²) in [7, 11) is 0. The molecule has 1 aromatic rings. The molecule has 0 aromatic heterocycles. The molecule has 0 saturated carbocycles. The van der Waals surface area contributed by atoms with Crippen LogP contribution in [0, 0.1) is 5.92 Å². The number of fused-ring (bicyclic) bond motifs is 1. The fourth-order valence-electron chi connectivity index (χ4n) is 3.69. The Labute approximate surface area is 155 Å². The van der Waals surface area contributed by atoms with Crippen LogP contribution >= 0.6 is 0 Å². The number of carbonyl (C=O) groups is 2. The number of carbonyl (C=O) groups excluding carboxylic acids is 2. The highest BCUT2D eigenvalue weighted by molar-refractivity contribution is 5.98. The maximum absolute atomic E-state index is 12.3. The van der Waals surface area contributed by atoms with Crippen molar-refractivity contribution in [2.24, 2.45) is 5.92 Å². The molecule has 1 atom stereocenters. The second-order valence-electron chi connectivity index (χ2n) is 7.45. The Bertz CT molecular complexity index is 647. The lowest BCUT2D eigenvalue weighted by Gasteiger charge is -2.35. The number of likely N-dealkylation sites (tertiary alicyclic amines) is 1. The number of amides is 2. The number of anilines is 1. The molecule has 3 rings (SSSR count). The van der Waals surface area contributed by atoms with Gasteiger partial charge in [0.1, 0.15) is 5.75 Å². The van der Waals surface area contributed by atoms with Gasteiger partial charge in [0.05, 0.1) is 5.69 Å².